The van der Waals surface area contributed by atoms with Crippen LogP contribution in [0.25, 0.3) is 0 Å². The first-order valence-corrected chi connectivity index (χ1v) is 18.9. The molecule has 13 nitrogen and oxygen atoms in total. The maximum Gasteiger partial charge on any atom is 0.321 e. The van der Waals surface area contributed by atoms with Gasteiger partial charge >= 0.3 is 5.97 Å². The SMILES string of the molecule is CN(C)c1ccc(N=Nc2ccc(S(=O)(=O)CCCCCC(NS(=O)(=O)c3ccc(N=Nc4ccc(N(C)C)cc4)cc3)C(=O)O)cc2)cc1. The molecule has 0 radical (unpaired) electrons. The number of sulfonamides is 1. The van der Waals surface area contributed by atoms with Crippen molar-refractivity contribution < 1.29 is 26.7 Å². The average molecular weight is 720 g/mol. The molecule has 264 valence electrons. The average Bonchev–Trinajstić information content (AvgIpc) is 3.09. The van der Waals surface area contributed by atoms with E-state index in [9.17, 15) is 26.7 Å². The van der Waals surface area contributed by atoms with E-state index in [4.69, 9.17) is 0 Å². The van der Waals surface area contributed by atoms with E-state index >= 15 is 0 Å². The van der Waals surface area contributed by atoms with Crippen LogP contribution in [0.5, 0.6) is 0 Å². The molecular formula is C35H41N7O6S2. The molecule has 1 atom stereocenters. The summed E-state index contributed by atoms with van der Waals surface area (Å²) in [5.74, 6) is -1.46. The van der Waals surface area contributed by atoms with Gasteiger partial charge in [0.05, 0.1) is 38.3 Å². The number of unbranched alkanes of at least 4 members (excludes halogenated alkanes) is 2. The van der Waals surface area contributed by atoms with Crippen molar-refractivity contribution in [2.24, 2.45) is 20.5 Å². The maximum atomic E-state index is 12.9. The molecule has 0 aliphatic rings. The standard InChI is InChI=1S/C35H41N7O6S2/c1-41(2)30-17-9-26(10-18-30)36-38-28-13-21-32(22-14-28)49(45,46)25-7-5-6-8-34(35(43)44)40-50(47,48)33-23-15-29(16-24-33)39-37-27-11-19-31(20-12-27)42(3)4/h9-24,34,40H,5-8,25H2,1-4H3,(H,43,44). The summed E-state index contributed by atoms with van der Waals surface area (Å²) in [5.41, 5.74) is 4.28. The van der Waals surface area contributed by atoms with Crippen LogP contribution >= 0.6 is 0 Å². The van der Waals surface area contributed by atoms with Crippen LogP contribution in [0.3, 0.4) is 0 Å². The molecule has 0 heterocycles. The molecule has 1 unspecified atom stereocenters. The van der Waals surface area contributed by atoms with Gasteiger partial charge < -0.3 is 14.9 Å². The first-order chi connectivity index (χ1) is 23.7. The fourth-order valence-corrected chi connectivity index (χ4v) is 7.30. The number of anilines is 2. The van der Waals surface area contributed by atoms with Gasteiger partial charge in [-0.2, -0.15) is 25.2 Å². The van der Waals surface area contributed by atoms with Gasteiger partial charge in [0.15, 0.2) is 9.84 Å². The van der Waals surface area contributed by atoms with Gasteiger partial charge in [-0.15, -0.1) is 0 Å². The summed E-state index contributed by atoms with van der Waals surface area (Å²) in [5, 5.41) is 26.3. The van der Waals surface area contributed by atoms with Crippen molar-refractivity contribution in [3.05, 3.63) is 97.1 Å². The van der Waals surface area contributed by atoms with Crippen molar-refractivity contribution in [1.29, 1.82) is 0 Å². The van der Waals surface area contributed by atoms with Gasteiger partial charge in [-0.1, -0.05) is 12.8 Å². The molecule has 0 spiro atoms. The molecule has 0 aliphatic heterocycles. The summed E-state index contributed by atoms with van der Waals surface area (Å²) in [6.45, 7) is 0. The molecule has 50 heavy (non-hydrogen) atoms. The van der Waals surface area contributed by atoms with E-state index in [-0.39, 0.29) is 28.4 Å². The van der Waals surface area contributed by atoms with Crippen molar-refractivity contribution in [2.45, 2.75) is 41.5 Å². The molecule has 0 bridgehead atoms. The van der Waals surface area contributed by atoms with Gasteiger partial charge in [-0.05, 0) is 110 Å². The Kier molecular flexibility index (Phi) is 12.9. The second kappa shape index (κ2) is 17.1. The number of hydrogen-bond donors (Lipinski definition) is 2. The summed E-state index contributed by atoms with van der Waals surface area (Å²) in [7, 11) is 0.0109. The fourth-order valence-electron chi connectivity index (χ4n) is 4.70. The van der Waals surface area contributed by atoms with Crippen LogP contribution < -0.4 is 14.5 Å². The number of carboxylic acid groups (broad SMARTS) is 1. The number of aliphatic carboxylic acids is 1. The number of carboxylic acids is 1. The second-order valence-electron chi connectivity index (χ2n) is 11.9. The number of rotatable bonds is 17. The highest BCUT2D eigenvalue weighted by molar-refractivity contribution is 7.91. The van der Waals surface area contributed by atoms with Crippen LogP contribution in [0, 0.1) is 0 Å². The summed E-state index contributed by atoms with van der Waals surface area (Å²) in [6.07, 6.45) is 0.965. The van der Waals surface area contributed by atoms with E-state index in [0.29, 0.717) is 35.6 Å². The van der Waals surface area contributed by atoms with Gasteiger partial charge in [0.2, 0.25) is 10.0 Å². The molecule has 0 saturated carbocycles. The zero-order chi connectivity index (χ0) is 36.3. The predicted molar refractivity (Wildman–Crippen MR) is 195 cm³/mol. The van der Waals surface area contributed by atoms with E-state index in [1.54, 1.807) is 12.1 Å². The van der Waals surface area contributed by atoms with Crippen LogP contribution in [0.4, 0.5) is 34.1 Å². The van der Waals surface area contributed by atoms with Gasteiger partial charge in [0, 0.05) is 39.6 Å². The van der Waals surface area contributed by atoms with E-state index in [1.807, 2.05) is 86.5 Å². The lowest BCUT2D eigenvalue weighted by Gasteiger charge is -2.15. The third-order valence-corrected chi connectivity index (χ3v) is 10.9. The van der Waals surface area contributed by atoms with Crippen molar-refractivity contribution >= 4 is 60.0 Å². The largest absolute Gasteiger partial charge is 0.480 e. The molecule has 0 aliphatic carbocycles. The Morgan fingerprint density at radius 1 is 0.600 bits per heavy atom. The highest BCUT2D eigenvalue weighted by atomic mass is 32.2. The number of carbonyl (C=O) groups is 1. The molecular weight excluding hydrogens is 679 g/mol. The molecule has 2 N–H and O–H groups in total. The van der Waals surface area contributed by atoms with Crippen LogP contribution in [-0.4, -0.2) is 67.9 Å². The molecule has 4 aromatic carbocycles. The lowest BCUT2D eigenvalue weighted by molar-refractivity contribution is -0.139. The normalized spacial score (nSPS) is 12.7. The van der Waals surface area contributed by atoms with Gasteiger partial charge in [0.1, 0.15) is 6.04 Å². The Morgan fingerprint density at radius 3 is 1.36 bits per heavy atom. The number of azo groups is 2. The summed E-state index contributed by atoms with van der Waals surface area (Å²) >= 11 is 0. The number of hydrogen-bond acceptors (Lipinski definition) is 11. The number of sulfone groups is 1. The smallest absolute Gasteiger partial charge is 0.321 e. The van der Waals surface area contributed by atoms with E-state index < -0.39 is 31.9 Å². The predicted octanol–water partition coefficient (Wildman–Crippen LogP) is 7.42. The summed E-state index contributed by atoms with van der Waals surface area (Å²) in [6, 6.07) is 25.3. The van der Waals surface area contributed by atoms with Crippen LogP contribution in [-0.2, 0) is 24.7 Å². The lowest BCUT2D eigenvalue weighted by Crippen LogP contribution is -2.40. The van der Waals surface area contributed by atoms with Crippen molar-refractivity contribution in [1.82, 2.24) is 4.72 Å². The number of nitrogens with zero attached hydrogens (tertiary/aromatic N) is 6. The zero-order valence-corrected chi connectivity index (χ0v) is 30.0. The van der Waals surface area contributed by atoms with Crippen molar-refractivity contribution in [3.63, 3.8) is 0 Å². The highest BCUT2D eigenvalue weighted by Crippen LogP contribution is 2.25. The zero-order valence-electron chi connectivity index (χ0n) is 28.3. The van der Waals surface area contributed by atoms with Gasteiger partial charge in [0.25, 0.3) is 0 Å². The second-order valence-corrected chi connectivity index (χ2v) is 15.7. The first kappa shape index (κ1) is 37.8. The minimum Gasteiger partial charge on any atom is -0.480 e. The molecule has 0 fully saturated rings. The molecule has 0 amide bonds. The minimum atomic E-state index is -4.15. The van der Waals surface area contributed by atoms with E-state index in [2.05, 4.69) is 25.2 Å². The quantitative estimate of drug-likeness (QED) is 0.0838. The van der Waals surface area contributed by atoms with Crippen LogP contribution in [0.2, 0.25) is 0 Å². The fraction of sp³-hybridized carbons (Fsp3) is 0.286. The highest BCUT2D eigenvalue weighted by Gasteiger charge is 2.25. The molecule has 15 heteroatoms. The molecule has 4 aromatic rings. The van der Waals surface area contributed by atoms with Crippen LogP contribution in [0.1, 0.15) is 25.7 Å². The molecule has 4 rings (SSSR count). The molecule has 0 saturated heterocycles. The Balaban J connectivity index is 1.24. The van der Waals surface area contributed by atoms with Crippen molar-refractivity contribution in [2.75, 3.05) is 43.7 Å². The van der Waals surface area contributed by atoms with Crippen molar-refractivity contribution in [3.8, 4) is 0 Å². The maximum absolute atomic E-state index is 12.9. The Morgan fingerprint density at radius 2 is 0.980 bits per heavy atom. The van der Waals surface area contributed by atoms with Crippen LogP contribution in [0.15, 0.2) is 127 Å². The molecule has 0 aromatic heterocycles. The number of nitrogens with one attached hydrogen (secondary N) is 1. The minimum absolute atomic E-state index is 0.00884. The number of benzene rings is 4. The van der Waals surface area contributed by atoms with E-state index in [0.717, 1.165) is 11.4 Å². The monoisotopic (exact) mass is 719 g/mol. The van der Waals surface area contributed by atoms with Gasteiger partial charge in [-0.25, -0.2) is 16.8 Å². The Hall–Kier alpha value is -4.99. The summed E-state index contributed by atoms with van der Waals surface area (Å²) in [4.78, 5) is 15.8. The first-order valence-electron chi connectivity index (χ1n) is 15.8. The Bertz CT molecular complexity index is 2000. The third kappa shape index (κ3) is 11.0. The van der Waals surface area contributed by atoms with Gasteiger partial charge in [-0.3, -0.25) is 4.79 Å². The summed E-state index contributed by atoms with van der Waals surface area (Å²) < 4.78 is 53.9. The third-order valence-electron chi connectivity index (χ3n) is 7.64. The topological polar surface area (TPSA) is 174 Å². The van der Waals surface area contributed by atoms with E-state index in [1.165, 1.54) is 36.4 Å². The Labute approximate surface area is 293 Å². The lowest BCUT2D eigenvalue weighted by atomic mass is 10.1.